The number of rotatable bonds is 4. The van der Waals surface area contributed by atoms with Crippen LogP contribution in [0.4, 0.5) is 0 Å². The van der Waals surface area contributed by atoms with E-state index in [9.17, 15) is 4.79 Å². The Balaban J connectivity index is 1.82. The molecule has 1 heterocycles. The first-order chi connectivity index (χ1) is 8.65. The molecule has 0 fully saturated rings. The Bertz CT molecular complexity index is 531. The lowest BCUT2D eigenvalue weighted by molar-refractivity contribution is 0.0954. The van der Waals surface area contributed by atoms with Gasteiger partial charge in [0.1, 0.15) is 5.75 Å². The van der Waals surface area contributed by atoms with Gasteiger partial charge in [0.15, 0.2) is 0 Å². The van der Waals surface area contributed by atoms with Gasteiger partial charge < -0.3 is 10.4 Å². The standard InChI is InChI=1S/C13H15N3O2/c1-16-9-11(8-15-16)13(18)14-7-6-10-2-4-12(17)5-3-10/h2-5,8-9,17H,6-7H2,1H3,(H,14,18). The molecule has 5 nitrogen and oxygen atoms in total. The maximum absolute atomic E-state index is 11.7. The highest BCUT2D eigenvalue weighted by Crippen LogP contribution is 2.09. The van der Waals surface area contributed by atoms with Crippen molar-refractivity contribution in [3.63, 3.8) is 0 Å². The van der Waals surface area contributed by atoms with Crippen molar-refractivity contribution < 1.29 is 9.90 Å². The number of phenolic OH excluding ortho intramolecular Hbond substituents is 1. The number of aryl methyl sites for hydroxylation is 1. The quantitative estimate of drug-likeness (QED) is 0.847. The average Bonchev–Trinajstić information content (AvgIpc) is 2.78. The average molecular weight is 245 g/mol. The Hall–Kier alpha value is -2.30. The summed E-state index contributed by atoms with van der Waals surface area (Å²) in [7, 11) is 1.77. The van der Waals surface area contributed by atoms with Gasteiger partial charge in [-0.3, -0.25) is 9.48 Å². The number of aromatic nitrogens is 2. The molecule has 0 unspecified atom stereocenters. The van der Waals surface area contributed by atoms with Crippen molar-refractivity contribution in [2.75, 3.05) is 6.54 Å². The van der Waals surface area contributed by atoms with E-state index in [0.717, 1.165) is 12.0 Å². The number of carbonyl (C=O) groups excluding carboxylic acids is 1. The Morgan fingerprint density at radius 2 is 2.11 bits per heavy atom. The number of phenols is 1. The molecule has 0 radical (unpaired) electrons. The van der Waals surface area contributed by atoms with Crippen LogP contribution in [0.1, 0.15) is 15.9 Å². The summed E-state index contributed by atoms with van der Waals surface area (Å²) in [5, 5.41) is 15.9. The topological polar surface area (TPSA) is 67.2 Å². The smallest absolute Gasteiger partial charge is 0.254 e. The van der Waals surface area contributed by atoms with E-state index in [2.05, 4.69) is 10.4 Å². The van der Waals surface area contributed by atoms with Gasteiger partial charge in [-0.05, 0) is 24.1 Å². The van der Waals surface area contributed by atoms with Gasteiger partial charge in [0.2, 0.25) is 0 Å². The summed E-state index contributed by atoms with van der Waals surface area (Å²) in [6.07, 6.45) is 3.94. The number of amides is 1. The Kier molecular flexibility index (Phi) is 3.62. The summed E-state index contributed by atoms with van der Waals surface area (Å²) < 4.78 is 1.59. The summed E-state index contributed by atoms with van der Waals surface area (Å²) in [5.74, 6) is 0.125. The maximum atomic E-state index is 11.7. The fourth-order valence-electron chi connectivity index (χ4n) is 1.62. The summed E-state index contributed by atoms with van der Waals surface area (Å²) in [6.45, 7) is 0.554. The number of carbonyl (C=O) groups is 1. The molecule has 2 rings (SSSR count). The normalized spacial score (nSPS) is 10.3. The van der Waals surface area contributed by atoms with Crippen molar-refractivity contribution in [3.8, 4) is 5.75 Å². The monoisotopic (exact) mass is 245 g/mol. The SMILES string of the molecule is Cn1cc(C(=O)NCCc2ccc(O)cc2)cn1. The van der Waals surface area contributed by atoms with Gasteiger partial charge in [-0.25, -0.2) is 0 Å². The van der Waals surface area contributed by atoms with E-state index in [0.29, 0.717) is 12.1 Å². The van der Waals surface area contributed by atoms with Crippen molar-refractivity contribution in [3.05, 3.63) is 47.8 Å². The van der Waals surface area contributed by atoms with Crippen LogP contribution in [0, 0.1) is 0 Å². The first-order valence-electron chi connectivity index (χ1n) is 5.70. The van der Waals surface area contributed by atoms with Gasteiger partial charge in [-0.15, -0.1) is 0 Å². The van der Waals surface area contributed by atoms with Gasteiger partial charge in [-0.1, -0.05) is 12.1 Å². The van der Waals surface area contributed by atoms with Crippen LogP contribution >= 0.6 is 0 Å². The molecule has 2 aromatic rings. The molecule has 0 saturated heterocycles. The van der Waals surface area contributed by atoms with E-state index in [4.69, 9.17) is 5.11 Å². The molecule has 1 amide bonds. The highest BCUT2D eigenvalue weighted by molar-refractivity contribution is 5.93. The Morgan fingerprint density at radius 1 is 1.39 bits per heavy atom. The van der Waals surface area contributed by atoms with Crippen molar-refractivity contribution in [2.45, 2.75) is 6.42 Å². The number of hydrogen-bond acceptors (Lipinski definition) is 3. The third-order valence-electron chi connectivity index (χ3n) is 2.60. The number of benzene rings is 1. The van der Waals surface area contributed by atoms with E-state index < -0.39 is 0 Å². The van der Waals surface area contributed by atoms with Gasteiger partial charge in [0.05, 0.1) is 11.8 Å². The van der Waals surface area contributed by atoms with Crippen LogP contribution in [0.15, 0.2) is 36.7 Å². The van der Waals surface area contributed by atoms with Crippen LogP contribution in [0.2, 0.25) is 0 Å². The van der Waals surface area contributed by atoms with Crippen LogP contribution < -0.4 is 5.32 Å². The van der Waals surface area contributed by atoms with Crippen LogP contribution in [-0.4, -0.2) is 27.3 Å². The highest BCUT2D eigenvalue weighted by atomic mass is 16.3. The molecule has 18 heavy (non-hydrogen) atoms. The Labute approximate surface area is 105 Å². The molecule has 1 aromatic heterocycles. The molecule has 0 aliphatic heterocycles. The number of nitrogens with one attached hydrogen (secondary N) is 1. The van der Waals surface area contributed by atoms with Crippen molar-refractivity contribution in [1.82, 2.24) is 15.1 Å². The minimum atomic E-state index is -0.123. The summed E-state index contributed by atoms with van der Waals surface area (Å²) >= 11 is 0. The molecular weight excluding hydrogens is 230 g/mol. The highest BCUT2D eigenvalue weighted by Gasteiger charge is 2.06. The molecule has 2 N–H and O–H groups in total. The van der Waals surface area contributed by atoms with Crippen molar-refractivity contribution in [2.24, 2.45) is 7.05 Å². The Morgan fingerprint density at radius 3 is 2.72 bits per heavy atom. The van der Waals surface area contributed by atoms with Gasteiger partial charge in [0, 0.05) is 19.8 Å². The van der Waals surface area contributed by atoms with Crippen LogP contribution in [0.3, 0.4) is 0 Å². The first-order valence-corrected chi connectivity index (χ1v) is 5.70. The second-order valence-corrected chi connectivity index (χ2v) is 4.08. The lowest BCUT2D eigenvalue weighted by Crippen LogP contribution is -2.25. The zero-order valence-corrected chi connectivity index (χ0v) is 10.1. The molecule has 1 aromatic carbocycles. The predicted molar refractivity (Wildman–Crippen MR) is 67.4 cm³/mol. The van der Waals surface area contributed by atoms with E-state index in [1.165, 1.54) is 6.20 Å². The van der Waals surface area contributed by atoms with Crippen molar-refractivity contribution in [1.29, 1.82) is 0 Å². The second-order valence-electron chi connectivity index (χ2n) is 4.08. The minimum absolute atomic E-state index is 0.123. The fourth-order valence-corrected chi connectivity index (χ4v) is 1.62. The second kappa shape index (κ2) is 5.35. The minimum Gasteiger partial charge on any atom is -0.508 e. The maximum Gasteiger partial charge on any atom is 0.254 e. The third-order valence-corrected chi connectivity index (χ3v) is 2.60. The molecular formula is C13H15N3O2. The molecule has 0 atom stereocenters. The van der Waals surface area contributed by atoms with Crippen LogP contribution in [-0.2, 0) is 13.5 Å². The lowest BCUT2D eigenvalue weighted by Gasteiger charge is -2.04. The molecule has 0 aliphatic carbocycles. The van der Waals surface area contributed by atoms with E-state index >= 15 is 0 Å². The van der Waals surface area contributed by atoms with Crippen LogP contribution in [0.5, 0.6) is 5.75 Å². The third kappa shape index (κ3) is 3.10. The zero-order valence-electron chi connectivity index (χ0n) is 10.1. The van der Waals surface area contributed by atoms with E-state index in [1.54, 1.807) is 30.1 Å². The summed E-state index contributed by atoms with van der Waals surface area (Å²) in [5.41, 5.74) is 1.63. The van der Waals surface area contributed by atoms with Crippen LogP contribution in [0.25, 0.3) is 0 Å². The van der Waals surface area contributed by atoms with E-state index in [-0.39, 0.29) is 11.7 Å². The lowest BCUT2D eigenvalue weighted by atomic mass is 10.1. The molecule has 0 aliphatic rings. The van der Waals surface area contributed by atoms with E-state index in [1.807, 2.05) is 12.1 Å². The number of aromatic hydroxyl groups is 1. The summed E-state index contributed by atoms with van der Waals surface area (Å²) in [4.78, 5) is 11.7. The fraction of sp³-hybridized carbons (Fsp3) is 0.231. The number of hydrogen-bond donors (Lipinski definition) is 2. The molecule has 94 valence electrons. The molecule has 0 spiro atoms. The molecule has 5 heteroatoms. The largest absolute Gasteiger partial charge is 0.508 e. The summed E-state index contributed by atoms with van der Waals surface area (Å²) in [6, 6.07) is 6.95. The number of nitrogens with zero attached hydrogens (tertiary/aromatic N) is 2. The van der Waals surface area contributed by atoms with Gasteiger partial charge in [-0.2, -0.15) is 5.10 Å². The molecule has 0 saturated carbocycles. The predicted octanol–water partition coefficient (Wildman–Crippen LogP) is 1.10. The zero-order chi connectivity index (χ0) is 13.0. The van der Waals surface area contributed by atoms with Gasteiger partial charge >= 0.3 is 0 Å². The van der Waals surface area contributed by atoms with Crippen molar-refractivity contribution >= 4 is 5.91 Å². The van der Waals surface area contributed by atoms with Gasteiger partial charge in [0.25, 0.3) is 5.91 Å². The molecule has 0 bridgehead atoms. The first kappa shape index (κ1) is 12.2.